The molecule has 1 rings (SSSR count). The van der Waals surface area contributed by atoms with Gasteiger partial charge in [0.15, 0.2) is 0 Å². The maximum Gasteiger partial charge on any atom is 0.451 e. The van der Waals surface area contributed by atoms with Gasteiger partial charge in [-0.15, -0.1) is 11.8 Å². The average molecular weight is 273 g/mol. The molecular weight excluding hydrogens is 265 g/mol. The van der Waals surface area contributed by atoms with Crippen LogP contribution in [0.15, 0.2) is 11.1 Å². The van der Waals surface area contributed by atoms with Crippen LogP contribution in [-0.4, -0.2) is 29.4 Å². The predicted molar refractivity (Wildman–Crippen MR) is 54.6 cm³/mol. The fraction of sp³-hybridized carbons (Fsp3) is 0.500. The Morgan fingerprint density at radius 2 is 2.12 bits per heavy atom. The Morgan fingerprint density at radius 1 is 1.44 bits per heavy atom. The summed E-state index contributed by atoms with van der Waals surface area (Å²) in [5, 5.41) is -0.0355. The summed E-state index contributed by atoms with van der Waals surface area (Å²) in [6.45, 7) is 0.424. The van der Waals surface area contributed by atoms with Crippen LogP contribution in [-0.2, 0) is 10.9 Å². The molecule has 90 valence electrons. The number of nitrogens with zero attached hydrogens (tertiary/aromatic N) is 2. The first kappa shape index (κ1) is 13.5. The van der Waals surface area contributed by atoms with Gasteiger partial charge in [-0.3, -0.25) is 0 Å². The second-order valence-electron chi connectivity index (χ2n) is 2.69. The predicted octanol–water partition coefficient (Wildman–Crippen LogP) is 2.89. The summed E-state index contributed by atoms with van der Waals surface area (Å²) >= 11 is 6.60. The van der Waals surface area contributed by atoms with Crippen molar-refractivity contribution in [3.8, 4) is 0 Å². The highest BCUT2D eigenvalue weighted by atomic mass is 35.5. The first-order valence-corrected chi connectivity index (χ1v) is 5.53. The van der Waals surface area contributed by atoms with E-state index in [1.165, 1.54) is 13.2 Å². The topological polar surface area (TPSA) is 35.0 Å². The fourth-order valence-electron chi connectivity index (χ4n) is 0.827. The minimum Gasteiger partial charge on any atom is -0.384 e. The molecule has 0 spiro atoms. The van der Waals surface area contributed by atoms with E-state index in [9.17, 15) is 13.2 Å². The third-order valence-corrected chi connectivity index (χ3v) is 2.53. The van der Waals surface area contributed by atoms with Crippen molar-refractivity contribution in [2.24, 2.45) is 0 Å². The van der Waals surface area contributed by atoms with Gasteiger partial charge < -0.3 is 4.74 Å². The molecule has 0 saturated carbocycles. The number of rotatable bonds is 4. The van der Waals surface area contributed by atoms with Crippen LogP contribution in [0.3, 0.4) is 0 Å². The number of alkyl halides is 3. The molecule has 0 aromatic carbocycles. The molecular formula is C8H8ClF3N2OS. The second-order valence-corrected chi connectivity index (χ2v) is 4.19. The molecule has 0 bridgehead atoms. The molecule has 0 saturated heterocycles. The number of thioether (sulfide) groups is 1. The van der Waals surface area contributed by atoms with Gasteiger partial charge in [-0.2, -0.15) is 13.2 Å². The SMILES string of the molecule is COCCSc1cc(Cl)nc(C(F)(F)F)n1. The molecule has 1 heterocycles. The van der Waals surface area contributed by atoms with Crippen LogP contribution in [0.25, 0.3) is 0 Å². The van der Waals surface area contributed by atoms with E-state index in [4.69, 9.17) is 16.3 Å². The van der Waals surface area contributed by atoms with E-state index >= 15 is 0 Å². The summed E-state index contributed by atoms with van der Waals surface area (Å²) in [5.74, 6) is -0.721. The van der Waals surface area contributed by atoms with Crippen molar-refractivity contribution in [2.75, 3.05) is 19.5 Å². The van der Waals surface area contributed by atoms with Crippen LogP contribution >= 0.6 is 23.4 Å². The Kier molecular flexibility index (Phi) is 4.82. The van der Waals surface area contributed by atoms with E-state index in [0.29, 0.717) is 12.4 Å². The zero-order valence-corrected chi connectivity index (χ0v) is 9.79. The van der Waals surface area contributed by atoms with Crippen molar-refractivity contribution in [2.45, 2.75) is 11.2 Å². The maximum absolute atomic E-state index is 12.3. The van der Waals surface area contributed by atoms with Crippen LogP contribution in [0.5, 0.6) is 0 Å². The fourth-order valence-corrected chi connectivity index (χ4v) is 1.88. The van der Waals surface area contributed by atoms with Gasteiger partial charge in [0.25, 0.3) is 0 Å². The highest BCUT2D eigenvalue weighted by Crippen LogP contribution is 2.29. The Balaban J connectivity index is 2.82. The quantitative estimate of drug-likeness (QED) is 0.480. The second kappa shape index (κ2) is 5.70. The minimum absolute atomic E-state index is 0.185. The van der Waals surface area contributed by atoms with E-state index in [0.717, 1.165) is 11.8 Å². The number of hydrogen-bond acceptors (Lipinski definition) is 4. The molecule has 0 fully saturated rings. The molecule has 8 heteroatoms. The summed E-state index contributed by atoms with van der Waals surface area (Å²) in [6, 6.07) is 1.29. The number of hydrogen-bond donors (Lipinski definition) is 0. The molecule has 0 radical (unpaired) electrons. The minimum atomic E-state index is -4.58. The van der Waals surface area contributed by atoms with Crippen LogP contribution in [0, 0.1) is 0 Å². The lowest BCUT2D eigenvalue weighted by Gasteiger charge is -2.07. The van der Waals surface area contributed by atoms with Crippen LogP contribution in [0.4, 0.5) is 13.2 Å². The monoisotopic (exact) mass is 272 g/mol. The summed E-state index contributed by atoms with van der Waals surface area (Å²) in [5.41, 5.74) is 0. The number of methoxy groups -OCH3 is 1. The molecule has 0 unspecified atom stereocenters. The molecule has 1 aromatic rings. The van der Waals surface area contributed by atoms with Gasteiger partial charge in [0.05, 0.1) is 6.61 Å². The Labute approximate surface area is 99.4 Å². The lowest BCUT2D eigenvalue weighted by atomic mass is 10.5. The smallest absolute Gasteiger partial charge is 0.384 e. The molecule has 0 amide bonds. The Hall–Kier alpha value is -0.530. The van der Waals surface area contributed by atoms with Crippen LogP contribution in [0.2, 0.25) is 5.15 Å². The lowest BCUT2D eigenvalue weighted by Crippen LogP contribution is -2.11. The molecule has 0 atom stereocenters. The van der Waals surface area contributed by atoms with Gasteiger partial charge in [-0.05, 0) is 0 Å². The van der Waals surface area contributed by atoms with Gasteiger partial charge in [-0.25, -0.2) is 9.97 Å². The molecule has 0 aliphatic carbocycles. The van der Waals surface area contributed by atoms with Crippen LogP contribution in [0.1, 0.15) is 5.82 Å². The summed E-state index contributed by atoms with van der Waals surface area (Å²) < 4.78 is 41.7. The normalized spacial score (nSPS) is 11.8. The average Bonchev–Trinajstić information content (AvgIpc) is 2.16. The third-order valence-electron chi connectivity index (χ3n) is 1.46. The molecule has 0 aliphatic heterocycles. The maximum atomic E-state index is 12.3. The first-order valence-electron chi connectivity index (χ1n) is 4.17. The van der Waals surface area contributed by atoms with E-state index in [-0.39, 0.29) is 10.2 Å². The molecule has 1 aromatic heterocycles. The lowest BCUT2D eigenvalue weighted by molar-refractivity contribution is -0.145. The van der Waals surface area contributed by atoms with Gasteiger partial charge in [-0.1, -0.05) is 11.6 Å². The summed E-state index contributed by atoms with van der Waals surface area (Å²) in [4.78, 5) is 6.48. The zero-order chi connectivity index (χ0) is 12.2. The number of aromatic nitrogens is 2. The standard InChI is InChI=1S/C8H8ClF3N2OS/c1-15-2-3-16-6-4-5(9)13-7(14-6)8(10,11)12/h4H,2-3H2,1H3. The zero-order valence-electron chi connectivity index (χ0n) is 8.21. The number of ether oxygens (including phenoxy) is 1. The van der Waals surface area contributed by atoms with Gasteiger partial charge in [0.2, 0.25) is 5.82 Å². The summed E-state index contributed by atoms with van der Waals surface area (Å²) in [7, 11) is 1.51. The highest BCUT2D eigenvalue weighted by molar-refractivity contribution is 7.99. The van der Waals surface area contributed by atoms with Crippen molar-refractivity contribution in [1.82, 2.24) is 9.97 Å². The van der Waals surface area contributed by atoms with Gasteiger partial charge in [0, 0.05) is 18.9 Å². The molecule has 0 N–H and O–H groups in total. The van der Waals surface area contributed by atoms with Crippen molar-refractivity contribution in [1.29, 1.82) is 0 Å². The van der Waals surface area contributed by atoms with E-state index in [1.807, 2.05) is 0 Å². The van der Waals surface area contributed by atoms with E-state index < -0.39 is 12.0 Å². The third kappa shape index (κ3) is 4.15. The Bertz CT molecular complexity index is 362. The van der Waals surface area contributed by atoms with E-state index in [1.54, 1.807) is 0 Å². The molecule has 16 heavy (non-hydrogen) atoms. The van der Waals surface area contributed by atoms with Crippen LogP contribution < -0.4 is 0 Å². The van der Waals surface area contributed by atoms with Gasteiger partial charge >= 0.3 is 6.18 Å². The van der Waals surface area contributed by atoms with Crippen molar-refractivity contribution >= 4 is 23.4 Å². The van der Waals surface area contributed by atoms with E-state index in [2.05, 4.69) is 9.97 Å². The molecule has 0 aliphatic rings. The van der Waals surface area contributed by atoms with Crippen molar-refractivity contribution in [3.05, 3.63) is 17.0 Å². The Morgan fingerprint density at radius 3 is 2.69 bits per heavy atom. The number of halogens is 4. The summed E-state index contributed by atoms with van der Waals surface area (Å²) in [6.07, 6.45) is -4.58. The van der Waals surface area contributed by atoms with Gasteiger partial charge in [0.1, 0.15) is 10.2 Å². The largest absolute Gasteiger partial charge is 0.451 e. The molecule has 3 nitrogen and oxygen atoms in total. The first-order chi connectivity index (χ1) is 7.43. The highest BCUT2D eigenvalue weighted by Gasteiger charge is 2.35. The van der Waals surface area contributed by atoms with Crippen molar-refractivity contribution in [3.63, 3.8) is 0 Å². The van der Waals surface area contributed by atoms with Crippen molar-refractivity contribution < 1.29 is 17.9 Å².